The van der Waals surface area contributed by atoms with Gasteiger partial charge in [0.05, 0.1) is 6.20 Å². The fraction of sp³-hybridized carbons (Fsp3) is 0.0833. The Morgan fingerprint density at radius 3 is 2.88 bits per heavy atom. The molecule has 1 heterocycles. The first-order chi connectivity index (χ1) is 8.16. The monoisotopic (exact) mass is 294 g/mol. The van der Waals surface area contributed by atoms with E-state index in [1.165, 1.54) is 24.7 Å². The summed E-state index contributed by atoms with van der Waals surface area (Å²) in [7, 11) is 0. The molecule has 5 heteroatoms. The summed E-state index contributed by atoms with van der Waals surface area (Å²) in [5.41, 5.74) is 0.585. The van der Waals surface area contributed by atoms with Crippen LogP contribution >= 0.6 is 15.9 Å². The van der Waals surface area contributed by atoms with Gasteiger partial charge in [0.25, 0.3) is 0 Å². The summed E-state index contributed by atoms with van der Waals surface area (Å²) in [6, 6.07) is 4.50. The molecule has 0 spiro atoms. The van der Waals surface area contributed by atoms with Crippen LogP contribution in [0, 0.1) is 5.82 Å². The van der Waals surface area contributed by atoms with Gasteiger partial charge in [-0.2, -0.15) is 0 Å². The lowest BCUT2D eigenvalue weighted by atomic mass is 10.1. The average molecular weight is 295 g/mol. The van der Waals surface area contributed by atoms with Crippen LogP contribution in [0.25, 0.3) is 0 Å². The van der Waals surface area contributed by atoms with E-state index < -0.39 is 5.82 Å². The van der Waals surface area contributed by atoms with Crippen molar-refractivity contribution in [2.45, 2.75) is 6.42 Å². The van der Waals surface area contributed by atoms with Gasteiger partial charge in [0.1, 0.15) is 11.5 Å². The molecule has 0 N–H and O–H groups in total. The van der Waals surface area contributed by atoms with Crippen molar-refractivity contribution in [2.75, 3.05) is 0 Å². The van der Waals surface area contributed by atoms with Gasteiger partial charge in [-0.1, -0.05) is 15.9 Å². The molecule has 0 amide bonds. The Labute approximate surface area is 106 Å². The van der Waals surface area contributed by atoms with Gasteiger partial charge < -0.3 is 0 Å². The van der Waals surface area contributed by atoms with E-state index in [9.17, 15) is 9.18 Å². The predicted molar refractivity (Wildman–Crippen MR) is 64.2 cm³/mol. The summed E-state index contributed by atoms with van der Waals surface area (Å²) in [6.45, 7) is 0. The molecule has 0 atom stereocenters. The van der Waals surface area contributed by atoms with E-state index in [-0.39, 0.29) is 17.9 Å². The van der Waals surface area contributed by atoms with Crippen LogP contribution in [0.2, 0.25) is 0 Å². The van der Waals surface area contributed by atoms with E-state index in [0.29, 0.717) is 5.56 Å². The standard InChI is InChI=1S/C12H8BrFN2O/c13-9-1-2-10(14)8(5-9)6-12(17)11-7-15-3-4-16-11/h1-5,7H,6H2. The lowest BCUT2D eigenvalue weighted by molar-refractivity contribution is 0.0986. The van der Waals surface area contributed by atoms with Crippen molar-refractivity contribution in [1.29, 1.82) is 0 Å². The number of halogens is 2. The maximum Gasteiger partial charge on any atom is 0.187 e. The first kappa shape index (κ1) is 11.9. The van der Waals surface area contributed by atoms with E-state index >= 15 is 0 Å². The number of Topliss-reactive ketones (excluding diaryl/α,β-unsaturated/α-hetero) is 1. The molecule has 0 saturated carbocycles. The summed E-state index contributed by atoms with van der Waals surface area (Å²) in [5, 5.41) is 0. The lowest BCUT2D eigenvalue weighted by Crippen LogP contribution is -2.07. The molecule has 0 unspecified atom stereocenters. The molecule has 3 nitrogen and oxygen atoms in total. The molecule has 2 rings (SSSR count). The first-order valence-corrected chi connectivity index (χ1v) is 5.69. The summed E-state index contributed by atoms with van der Waals surface area (Å²) in [4.78, 5) is 19.5. The Bertz CT molecular complexity index is 545. The van der Waals surface area contributed by atoms with Gasteiger partial charge in [-0.25, -0.2) is 9.37 Å². The van der Waals surface area contributed by atoms with Gasteiger partial charge in [-0.3, -0.25) is 9.78 Å². The first-order valence-electron chi connectivity index (χ1n) is 4.90. The zero-order chi connectivity index (χ0) is 12.3. The summed E-state index contributed by atoms with van der Waals surface area (Å²) in [6.07, 6.45) is 4.27. The summed E-state index contributed by atoms with van der Waals surface area (Å²) >= 11 is 3.24. The molecule has 0 fully saturated rings. The third kappa shape index (κ3) is 2.94. The second-order valence-corrected chi connectivity index (χ2v) is 4.34. The van der Waals surface area contributed by atoms with Crippen molar-refractivity contribution in [3.63, 3.8) is 0 Å². The van der Waals surface area contributed by atoms with Crippen molar-refractivity contribution in [2.24, 2.45) is 0 Å². The summed E-state index contributed by atoms with van der Waals surface area (Å²) < 4.78 is 14.2. The largest absolute Gasteiger partial charge is 0.292 e. The van der Waals surface area contributed by atoms with Crippen LogP contribution < -0.4 is 0 Å². The third-order valence-corrected chi connectivity index (χ3v) is 2.70. The zero-order valence-electron chi connectivity index (χ0n) is 8.73. The third-order valence-electron chi connectivity index (χ3n) is 2.21. The normalized spacial score (nSPS) is 10.2. The molecular formula is C12H8BrFN2O. The van der Waals surface area contributed by atoms with E-state index in [4.69, 9.17) is 0 Å². The van der Waals surface area contributed by atoms with Crippen molar-refractivity contribution < 1.29 is 9.18 Å². The second kappa shape index (κ2) is 5.14. The molecule has 0 saturated heterocycles. The fourth-order valence-electron chi connectivity index (χ4n) is 1.39. The van der Waals surface area contributed by atoms with Crippen molar-refractivity contribution in [1.82, 2.24) is 9.97 Å². The molecule has 2 aromatic rings. The molecule has 0 radical (unpaired) electrons. The average Bonchev–Trinajstić information content (AvgIpc) is 2.35. The van der Waals surface area contributed by atoms with Gasteiger partial charge >= 0.3 is 0 Å². The van der Waals surface area contributed by atoms with Crippen LogP contribution in [0.4, 0.5) is 4.39 Å². The highest BCUT2D eigenvalue weighted by Gasteiger charge is 2.11. The zero-order valence-corrected chi connectivity index (χ0v) is 10.3. The second-order valence-electron chi connectivity index (χ2n) is 3.43. The Morgan fingerprint density at radius 2 is 2.18 bits per heavy atom. The SMILES string of the molecule is O=C(Cc1cc(Br)ccc1F)c1cnccn1. The minimum Gasteiger partial charge on any atom is -0.292 e. The van der Waals surface area contributed by atoms with Gasteiger partial charge in [0.2, 0.25) is 0 Å². The van der Waals surface area contributed by atoms with Gasteiger partial charge in [-0.15, -0.1) is 0 Å². The minimum atomic E-state index is -0.398. The highest BCUT2D eigenvalue weighted by atomic mass is 79.9. The number of carbonyl (C=O) groups excluding carboxylic acids is 1. The number of ketones is 1. The Hall–Kier alpha value is -1.62. The van der Waals surface area contributed by atoms with Crippen LogP contribution in [-0.2, 0) is 6.42 Å². The van der Waals surface area contributed by atoms with Gasteiger partial charge in [0.15, 0.2) is 5.78 Å². The number of aromatic nitrogens is 2. The number of benzene rings is 1. The highest BCUT2D eigenvalue weighted by molar-refractivity contribution is 9.10. The van der Waals surface area contributed by atoms with Crippen LogP contribution in [0.1, 0.15) is 16.1 Å². The van der Waals surface area contributed by atoms with Crippen LogP contribution in [-0.4, -0.2) is 15.8 Å². The smallest absolute Gasteiger partial charge is 0.187 e. The lowest BCUT2D eigenvalue weighted by Gasteiger charge is -2.02. The van der Waals surface area contributed by atoms with Gasteiger partial charge in [-0.05, 0) is 23.8 Å². The predicted octanol–water partition coefficient (Wildman–Crippen LogP) is 2.80. The van der Waals surface area contributed by atoms with Crippen molar-refractivity contribution in [3.05, 3.63) is 58.3 Å². The van der Waals surface area contributed by atoms with E-state index in [1.54, 1.807) is 12.1 Å². The Kier molecular flexibility index (Phi) is 3.58. The van der Waals surface area contributed by atoms with Crippen LogP contribution in [0.3, 0.4) is 0 Å². The Balaban J connectivity index is 2.22. The number of carbonyl (C=O) groups is 1. The number of nitrogens with zero attached hydrogens (tertiary/aromatic N) is 2. The van der Waals surface area contributed by atoms with E-state index in [2.05, 4.69) is 25.9 Å². The fourth-order valence-corrected chi connectivity index (χ4v) is 1.79. The maximum absolute atomic E-state index is 13.4. The van der Waals surface area contributed by atoms with E-state index in [0.717, 1.165) is 4.47 Å². The molecule has 0 aliphatic heterocycles. The quantitative estimate of drug-likeness (QED) is 0.818. The van der Waals surface area contributed by atoms with Crippen LogP contribution in [0.5, 0.6) is 0 Å². The molecule has 0 aliphatic carbocycles. The molecule has 0 aliphatic rings. The molecule has 0 bridgehead atoms. The molecule has 86 valence electrons. The topological polar surface area (TPSA) is 42.9 Å². The molecule has 1 aromatic carbocycles. The minimum absolute atomic E-state index is 0.0238. The number of hydrogen-bond donors (Lipinski definition) is 0. The van der Waals surface area contributed by atoms with Crippen LogP contribution in [0.15, 0.2) is 41.3 Å². The maximum atomic E-state index is 13.4. The van der Waals surface area contributed by atoms with E-state index in [1.807, 2.05) is 0 Å². The van der Waals surface area contributed by atoms with Gasteiger partial charge in [0, 0.05) is 23.3 Å². The molecule has 1 aromatic heterocycles. The van der Waals surface area contributed by atoms with Crippen molar-refractivity contribution >= 4 is 21.7 Å². The number of rotatable bonds is 3. The molecular weight excluding hydrogens is 287 g/mol. The Morgan fingerprint density at radius 1 is 1.35 bits per heavy atom. The van der Waals surface area contributed by atoms with Crippen molar-refractivity contribution in [3.8, 4) is 0 Å². The summed E-state index contributed by atoms with van der Waals surface area (Å²) in [5.74, 6) is -0.652. The highest BCUT2D eigenvalue weighted by Crippen LogP contribution is 2.17. The number of hydrogen-bond acceptors (Lipinski definition) is 3. The molecule has 17 heavy (non-hydrogen) atoms.